The third kappa shape index (κ3) is 3.61. The Morgan fingerprint density at radius 1 is 1.18 bits per heavy atom. The molecule has 1 atom stereocenters. The van der Waals surface area contributed by atoms with Gasteiger partial charge in [-0.25, -0.2) is 13.2 Å². The van der Waals surface area contributed by atoms with Crippen molar-refractivity contribution in [3.05, 3.63) is 35.6 Å². The summed E-state index contributed by atoms with van der Waals surface area (Å²) in [4.78, 5) is 15.8. The van der Waals surface area contributed by atoms with E-state index in [2.05, 4.69) is 0 Å². The predicted molar refractivity (Wildman–Crippen MR) is 75.9 cm³/mol. The normalized spacial score (nSPS) is 24.6. The summed E-state index contributed by atoms with van der Waals surface area (Å²) in [7, 11) is 0. The van der Waals surface area contributed by atoms with E-state index < -0.39 is 11.8 Å². The third-order valence-electron chi connectivity index (χ3n) is 4.43. The van der Waals surface area contributed by atoms with Gasteiger partial charge in [-0.2, -0.15) is 0 Å². The maximum Gasteiger partial charge on any atom is 0.251 e. The van der Waals surface area contributed by atoms with Crippen LogP contribution in [0.1, 0.15) is 18.4 Å². The molecule has 1 saturated carbocycles. The number of piperazine rings is 1. The Kier molecular flexibility index (Phi) is 4.12. The molecule has 0 bridgehead atoms. The van der Waals surface area contributed by atoms with Gasteiger partial charge in [0.2, 0.25) is 5.91 Å². The van der Waals surface area contributed by atoms with Gasteiger partial charge in [0.25, 0.3) is 5.92 Å². The lowest BCUT2D eigenvalue weighted by Gasteiger charge is -2.34. The number of benzene rings is 1. The molecule has 2 fully saturated rings. The van der Waals surface area contributed by atoms with Crippen LogP contribution in [0.15, 0.2) is 24.3 Å². The Balaban J connectivity index is 1.45. The summed E-state index contributed by atoms with van der Waals surface area (Å²) < 4.78 is 38.5. The summed E-state index contributed by atoms with van der Waals surface area (Å²) in [6, 6.07) is 6.10. The fraction of sp³-hybridized carbons (Fsp3) is 0.562. The maximum absolute atomic E-state index is 12.9. The van der Waals surface area contributed by atoms with E-state index in [9.17, 15) is 18.0 Å². The minimum absolute atomic E-state index is 0.00173. The number of alkyl halides is 2. The number of nitrogens with zero attached hydrogens (tertiary/aromatic N) is 2. The van der Waals surface area contributed by atoms with Crippen LogP contribution in [-0.2, 0) is 11.3 Å². The first-order valence-corrected chi connectivity index (χ1v) is 7.56. The van der Waals surface area contributed by atoms with Crippen molar-refractivity contribution in [3.8, 4) is 0 Å². The first-order valence-electron chi connectivity index (χ1n) is 7.56. The van der Waals surface area contributed by atoms with Crippen molar-refractivity contribution in [1.29, 1.82) is 0 Å². The highest BCUT2D eigenvalue weighted by Gasteiger charge is 2.56. The summed E-state index contributed by atoms with van der Waals surface area (Å²) >= 11 is 0. The molecular weight excluding hydrogens is 293 g/mol. The summed E-state index contributed by atoms with van der Waals surface area (Å²) in [5, 5.41) is 0. The molecule has 1 aliphatic heterocycles. The molecule has 1 saturated heterocycles. The Morgan fingerprint density at radius 3 is 2.45 bits per heavy atom. The second kappa shape index (κ2) is 5.91. The Labute approximate surface area is 127 Å². The van der Waals surface area contributed by atoms with Crippen LogP contribution in [0.25, 0.3) is 0 Å². The van der Waals surface area contributed by atoms with Gasteiger partial charge < -0.3 is 4.90 Å². The van der Waals surface area contributed by atoms with Crippen LogP contribution in [0.5, 0.6) is 0 Å². The van der Waals surface area contributed by atoms with Crippen LogP contribution in [0, 0.1) is 11.7 Å². The van der Waals surface area contributed by atoms with Gasteiger partial charge in [0, 0.05) is 32.0 Å². The van der Waals surface area contributed by atoms with Gasteiger partial charge in [0.05, 0.1) is 6.54 Å². The zero-order valence-corrected chi connectivity index (χ0v) is 12.3. The molecule has 1 amide bonds. The van der Waals surface area contributed by atoms with Crippen molar-refractivity contribution in [3.63, 3.8) is 0 Å². The van der Waals surface area contributed by atoms with Gasteiger partial charge in [-0.3, -0.25) is 9.69 Å². The lowest BCUT2D eigenvalue weighted by atomic mass is 10.2. The number of halogens is 3. The molecule has 3 nitrogen and oxygen atoms in total. The number of rotatable bonds is 5. The Bertz CT molecular complexity index is 547. The fourth-order valence-corrected chi connectivity index (χ4v) is 2.85. The van der Waals surface area contributed by atoms with Crippen LogP contribution in [0.2, 0.25) is 0 Å². The molecule has 0 N–H and O–H groups in total. The predicted octanol–water partition coefficient (Wildman–Crippen LogP) is 2.52. The summed E-state index contributed by atoms with van der Waals surface area (Å²) in [6.45, 7) is 2.58. The minimum atomic E-state index is -2.48. The zero-order valence-electron chi connectivity index (χ0n) is 12.3. The Morgan fingerprint density at radius 2 is 1.86 bits per heavy atom. The largest absolute Gasteiger partial charge is 0.336 e. The quantitative estimate of drug-likeness (QED) is 0.834. The molecular formula is C16H19F3N2O. The highest BCUT2D eigenvalue weighted by atomic mass is 19.3. The van der Waals surface area contributed by atoms with Gasteiger partial charge in [0.1, 0.15) is 5.82 Å². The van der Waals surface area contributed by atoms with E-state index in [1.807, 2.05) is 4.90 Å². The van der Waals surface area contributed by atoms with Gasteiger partial charge >= 0.3 is 0 Å². The summed E-state index contributed by atoms with van der Waals surface area (Å²) in [6.07, 6.45) is 0.448. The SMILES string of the molecule is O=C1CN(CCC2CC2(F)F)CCN1Cc1ccc(F)cc1. The second-order valence-corrected chi connectivity index (χ2v) is 6.17. The van der Waals surface area contributed by atoms with Crippen LogP contribution >= 0.6 is 0 Å². The lowest BCUT2D eigenvalue weighted by molar-refractivity contribution is -0.136. The number of carbonyl (C=O) groups excluding carboxylic acids is 1. The molecule has 3 rings (SSSR count). The van der Waals surface area contributed by atoms with Crippen molar-refractivity contribution < 1.29 is 18.0 Å². The summed E-state index contributed by atoms with van der Waals surface area (Å²) in [5.74, 6) is -3.27. The molecule has 1 heterocycles. The van der Waals surface area contributed by atoms with Crippen LogP contribution in [0.4, 0.5) is 13.2 Å². The average Bonchev–Trinajstić information content (AvgIpc) is 3.09. The number of hydrogen-bond donors (Lipinski definition) is 0. The van der Waals surface area contributed by atoms with Gasteiger partial charge in [-0.1, -0.05) is 12.1 Å². The van der Waals surface area contributed by atoms with Crippen LogP contribution < -0.4 is 0 Å². The average molecular weight is 312 g/mol. The minimum Gasteiger partial charge on any atom is -0.336 e. The zero-order chi connectivity index (χ0) is 15.7. The molecule has 1 unspecified atom stereocenters. The number of hydrogen-bond acceptors (Lipinski definition) is 2. The van der Waals surface area contributed by atoms with Gasteiger partial charge in [-0.15, -0.1) is 0 Å². The van der Waals surface area contributed by atoms with E-state index in [4.69, 9.17) is 0 Å². The van der Waals surface area contributed by atoms with E-state index in [-0.39, 0.29) is 24.7 Å². The van der Waals surface area contributed by atoms with Crippen LogP contribution in [0.3, 0.4) is 0 Å². The van der Waals surface area contributed by atoms with Crippen molar-refractivity contribution in [2.45, 2.75) is 25.3 Å². The van der Waals surface area contributed by atoms with Crippen molar-refractivity contribution in [1.82, 2.24) is 9.80 Å². The molecule has 0 radical (unpaired) electrons. The number of amides is 1. The highest BCUT2D eigenvalue weighted by molar-refractivity contribution is 5.79. The molecule has 22 heavy (non-hydrogen) atoms. The first kappa shape index (κ1) is 15.3. The summed E-state index contributed by atoms with van der Waals surface area (Å²) in [5.41, 5.74) is 0.890. The van der Waals surface area contributed by atoms with E-state index >= 15 is 0 Å². The number of carbonyl (C=O) groups is 1. The van der Waals surface area contributed by atoms with E-state index in [0.717, 1.165) is 5.56 Å². The van der Waals surface area contributed by atoms with E-state index in [1.54, 1.807) is 17.0 Å². The maximum atomic E-state index is 12.9. The van der Waals surface area contributed by atoms with Gasteiger partial charge in [0.15, 0.2) is 0 Å². The van der Waals surface area contributed by atoms with E-state index in [1.165, 1.54) is 12.1 Å². The van der Waals surface area contributed by atoms with Gasteiger partial charge in [-0.05, 0) is 30.7 Å². The van der Waals surface area contributed by atoms with Crippen molar-refractivity contribution >= 4 is 5.91 Å². The molecule has 2 aliphatic rings. The van der Waals surface area contributed by atoms with Crippen molar-refractivity contribution in [2.75, 3.05) is 26.2 Å². The lowest BCUT2D eigenvalue weighted by Crippen LogP contribution is -2.50. The molecule has 6 heteroatoms. The topological polar surface area (TPSA) is 23.6 Å². The monoisotopic (exact) mass is 312 g/mol. The molecule has 0 spiro atoms. The molecule has 1 aromatic carbocycles. The fourth-order valence-electron chi connectivity index (χ4n) is 2.85. The first-order chi connectivity index (χ1) is 10.4. The highest BCUT2D eigenvalue weighted by Crippen LogP contribution is 2.50. The molecule has 0 aromatic heterocycles. The third-order valence-corrected chi connectivity index (χ3v) is 4.43. The smallest absolute Gasteiger partial charge is 0.251 e. The van der Waals surface area contributed by atoms with Crippen LogP contribution in [-0.4, -0.2) is 47.8 Å². The Hall–Kier alpha value is -1.56. The molecule has 120 valence electrons. The second-order valence-electron chi connectivity index (χ2n) is 6.17. The van der Waals surface area contributed by atoms with Crippen molar-refractivity contribution in [2.24, 2.45) is 5.92 Å². The molecule has 1 aromatic rings. The molecule has 1 aliphatic carbocycles. The standard InChI is InChI=1S/C16H19F3N2O/c17-14-3-1-12(2-4-14)10-21-8-7-20(11-15(21)22)6-5-13-9-16(13,18)19/h1-4,13H,5-11H2. The van der Waals surface area contributed by atoms with E-state index in [0.29, 0.717) is 32.6 Å².